The zero-order chi connectivity index (χ0) is 9.97. The standard InChI is InChI=1S/C10H14IN3/c11-7-1-4-10(13-6-7)14-9-3-2-8(12)5-9/h1,4,6,8-9H,2-3,5,12H2,(H,13,14)/t8-,9-/m0/s1. The zero-order valence-corrected chi connectivity index (χ0v) is 10.1. The number of nitrogens with one attached hydrogen (secondary N) is 1. The van der Waals surface area contributed by atoms with Gasteiger partial charge in [-0.1, -0.05) is 0 Å². The lowest BCUT2D eigenvalue weighted by Gasteiger charge is -2.12. The highest BCUT2D eigenvalue weighted by Crippen LogP contribution is 2.20. The summed E-state index contributed by atoms with van der Waals surface area (Å²) < 4.78 is 1.16. The minimum absolute atomic E-state index is 0.372. The molecule has 1 fully saturated rings. The average Bonchev–Trinajstić information content (AvgIpc) is 2.56. The Morgan fingerprint density at radius 1 is 1.43 bits per heavy atom. The van der Waals surface area contributed by atoms with Gasteiger partial charge >= 0.3 is 0 Å². The Morgan fingerprint density at radius 3 is 2.86 bits per heavy atom. The summed E-state index contributed by atoms with van der Waals surface area (Å²) in [5, 5.41) is 3.40. The van der Waals surface area contributed by atoms with E-state index in [-0.39, 0.29) is 0 Å². The van der Waals surface area contributed by atoms with Crippen LogP contribution in [0.5, 0.6) is 0 Å². The second-order valence-electron chi connectivity index (χ2n) is 3.78. The van der Waals surface area contributed by atoms with Crippen molar-refractivity contribution >= 4 is 28.4 Å². The molecule has 1 heterocycles. The van der Waals surface area contributed by atoms with E-state index < -0.39 is 0 Å². The van der Waals surface area contributed by atoms with Gasteiger partial charge in [0.1, 0.15) is 5.82 Å². The van der Waals surface area contributed by atoms with Crippen molar-refractivity contribution in [3.8, 4) is 0 Å². The maximum atomic E-state index is 5.84. The number of halogens is 1. The Hall–Kier alpha value is -0.360. The first-order valence-electron chi connectivity index (χ1n) is 4.88. The van der Waals surface area contributed by atoms with E-state index >= 15 is 0 Å². The third-order valence-corrected chi connectivity index (χ3v) is 3.19. The molecule has 0 unspecified atom stereocenters. The Balaban J connectivity index is 1.94. The lowest BCUT2D eigenvalue weighted by Crippen LogP contribution is -2.21. The number of aromatic nitrogens is 1. The van der Waals surface area contributed by atoms with Gasteiger partial charge in [0.15, 0.2) is 0 Å². The van der Waals surface area contributed by atoms with Gasteiger partial charge in [-0.05, 0) is 54.0 Å². The second-order valence-corrected chi connectivity index (χ2v) is 5.02. The van der Waals surface area contributed by atoms with Gasteiger partial charge in [-0.2, -0.15) is 0 Å². The van der Waals surface area contributed by atoms with Crippen LogP contribution in [0, 0.1) is 3.57 Å². The molecule has 14 heavy (non-hydrogen) atoms. The number of nitrogens with two attached hydrogens (primary N) is 1. The molecule has 1 aliphatic carbocycles. The van der Waals surface area contributed by atoms with E-state index in [4.69, 9.17) is 5.73 Å². The zero-order valence-electron chi connectivity index (χ0n) is 7.91. The summed E-state index contributed by atoms with van der Waals surface area (Å²) in [5.41, 5.74) is 5.84. The summed E-state index contributed by atoms with van der Waals surface area (Å²) in [6, 6.07) is 4.96. The van der Waals surface area contributed by atoms with Gasteiger partial charge < -0.3 is 11.1 Å². The van der Waals surface area contributed by atoms with E-state index in [0.717, 1.165) is 28.7 Å². The molecule has 76 valence electrons. The molecule has 1 aliphatic rings. The minimum atomic E-state index is 0.372. The van der Waals surface area contributed by atoms with Crippen molar-refractivity contribution in [3.05, 3.63) is 21.9 Å². The highest BCUT2D eigenvalue weighted by Gasteiger charge is 2.21. The van der Waals surface area contributed by atoms with Crippen LogP contribution in [0.1, 0.15) is 19.3 Å². The molecular formula is C10H14IN3. The van der Waals surface area contributed by atoms with Crippen LogP contribution < -0.4 is 11.1 Å². The van der Waals surface area contributed by atoms with Crippen LogP contribution in [0.2, 0.25) is 0 Å². The molecule has 0 saturated heterocycles. The van der Waals surface area contributed by atoms with Crippen molar-refractivity contribution < 1.29 is 0 Å². The summed E-state index contributed by atoms with van der Waals surface area (Å²) in [6.07, 6.45) is 5.22. The number of hydrogen-bond donors (Lipinski definition) is 2. The van der Waals surface area contributed by atoms with Crippen LogP contribution in [0.4, 0.5) is 5.82 Å². The Morgan fingerprint density at radius 2 is 2.29 bits per heavy atom. The second kappa shape index (κ2) is 4.44. The summed E-state index contributed by atoms with van der Waals surface area (Å²) in [7, 11) is 0. The van der Waals surface area contributed by atoms with E-state index in [0.29, 0.717) is 12.1 Å². The number of hydrogen-bond acceptors (Lipinski definition) is 3. The van der Waals surface area contributed by atoms with Crippen molar-refractivity contribution in [2.24, 2.45) is 5.73 Å². The van der Waals surface area contributed by atoms with Gasteiger partial charge in [0.05, 0.1) is 0 Å². The first-order chi connectivity index (χ1) is 6.74. The first-order valence-corrected chi connectivity index (χ1v) is 5.95. The van der Waals surface area contributed by atoms with Crippen LogP contribution in [0.25, 0.3) is 0 Å². The molecule has 0 aliphatic heterocycles. The van der Waals surface area contributed by atoms with Gasteiger partial charge in [-0.15, -0.1) is 0 Å². The van der Waals surface area contributed by atoms with Gasteiger partial charge in [0.2, 0.25) is 0 Å². The molecular weight excluding hydrogens is 289 g/mol. The summed E-state index contributed by atoms with van der Waals surface area (Å²) in [5.74, 6) is 0.963. The number of pyridine rings is 1. The lowest BCUT2D eigenvalue weighted by molar-refractivity contribution is 0.686. The monoisotopic (exact) mass is 303 g/mol. The number of anilines is 1. The third kappa shape index (κ3) is 2.57. The molecule has 2 rings (SSSR count). The molecule has 0 radical (unpaired) electrons. The fourth-order valence-electron chi connectivity index (χ4n) is 1.82. The van der Waals surface area contributed by atoms with Gasteiger partial charge in [-0.25, -0.2) is 4.98 Å². The van der Waals surface area contributed by atoms with E-state index in [9.17, 15) is 0 Å². The van der Waals surface area contributed by atoms with E-state index in [1.54, 1.807) is 0 Å². The Kier molecular flexibility index (Phi) is 3.22. The van der Waals surface area contributed by atoms with Crippen LogP contribution in [0.3, 0.4) is 0 Å². The van der Waals surface area contributed by atoms with Crippen LogP contribution in [-0.4, -0.2) is 17.1 Å². The number of rotatable bonds is 2. The lowest BCUT2D eigenvalue weighted by atomic mass is 10.2. The molecule has 0 spiro atoms. The quantitative estimate of drug-likeness (QED) is 0.821. The predicted octanol–water partition coefficient (Wildman–Crippen LogP) is 1.98. The predicted molar refractivity (Wildman–Crippen MR) is 66.2 cm³/mol. The Labute approximate surface area is 97.6 Å². The molecule has 4 heteroatoms. The van der Waals surface area contributed by atoms with E-state index in [2.05, 4.69) is 39.0 Å². The molecule has 1 aromatic rings. The average molecular weight is 303 g/mol. The van der Waals surface area contributed by atoms with Crippen molar-refractivity contribution in [3.63, 3.8) is 0 Å². The molecule has 0 amide bonds. The smallest absolute Gasteiger partial charge is 0.126 e. The minimum Gasteiger partial charge on any atom is -0.367 e. The fraction of sp³-hybridized carbons (Fsp3) is 0.500. The van der Waals surface area contributed by atoms with Crippen molar-refractivity contribution in [1.29, 1.82) is 0 Å². The summed E-state index contributed by atoms with van der Waals surface area (Å²) in [4.78, 5) is 4.31. The van der Waals surface area contributed by atoms with Crippen molar-refractivity contribution in [2.45, 2.75) is 31.3 Å². The van der Waals surface area contributed by atoms with Gasteiger partial charge in [0, 0.05) is 21.9 Å². The molecule has 0 bridgehead atoms. The summed E-state index contributed by atoms with van der Waals surface area (Å²) in [6.45, 7) is 0. The normalized spacial score (nSPS) is 26.4. The fourth-order valence-corrected chi connectivity index (χ4v) is 2.14. The third-order valence-electron chi connectivity index (χ3n) is 2.55. The number of nitrogens with zero attached hydrogens (tertiary/aromatic N) is 1. The molecule has 3 nitrogen and oxygen atoms in total. The highest BCUT2D eigenvalue weighted by molar-refractivity contribution is 14.1. The van der Waals surface area contributed by atoms with E-state index in [1.807, 2.05) is 12.3 Å². The van der Waals surface area contributed by atoms with E-state index in [1.165, 1.54) is 0 Å². The Bertz CT molecular complexity index is 299. The van der Waals surface area contributed by atoms with Gasteiger partial charge in [0.25, 0.3) is 0 Å². The molecule has 0 aromatic carbocycles. The topological polar surface area (TPSA) is 50.9 Å². The first kappa shape index (κ1) is 10.2. The van der Waals surface area contributed by atoms with Crippen molar-refractivity contribution in [1.82, 2.24) is 4.98 Å². The largest absolute Gasteiger partial charge is 0.367 e. The molecule has 2 atom stereocenters. The van der Waals surface area contributed by atoms with Crippen LogP contribution in [0.15, 0.2) is 18.3 Å². The molecule has 3 N–H and O–H groups in total. The van der Waals surface area contributed by atoms with Gasteiger partial charge in [-0.3, -0.25) is 0 Å². The SMILES string of the molecule is N[C@H]1CC[C@H](Nc2ccc(I)cn2)C1. The highest BCUT2D eigenvalue weighted by atomic mass is 127. The molecule has 1 saturated carbocycles. The van der Waals surface area contributed by atoms with Crippen LogP contribution in [-0.2, 0) is 0 Å². The molecule has 1 aromatic heterocycles. The maximum Gasteiger partial charge on any atom is 0.126 e. The van der Waals surface area contributed by atoms with Crippen LogP contribution >= 0.6 is 22.6 Å². The summed E-state index contributed by atoms with van der Waals surface area (Å²) >= 11 is 2.25. The maximum absolute atomic E-state index is 5.84. The van der Waals surface area contributed by atoms with Crippen molar-refractivity contribution in [2.75, 3.05) is 5.32 Å².